The summed E-state index contributed by atoms with van der Waals surface area (Å²) in [6.07, 6.45) is 7.77. The molecule has 14 nitrogen and oxygen atoms in total. The van der Waals surface area contributed by atoms with Crippen LogP contribution in [0.1, 0.15) is 37.4 Å². The van der Waals surface area contributed by atoms with Crippen molar-refractivity contribution in [1.29, 1.82) is 0 Å². The fourth-order valence-corrected chi connectivity index (χ4v) is 6.88. The largest absolute Gasteiger partial charge is 0.323 e. The Balaban J connectivity index is 1.54. The van der Waals surface area contributed by atoms with Gasteiger partial charge in [0.25, 0.3) is 30.4 Å². The molecule has 0 amide bonds. The number of benzene rings is 2. The number of hydrazone groups is 2. The van der Waals surface area contributed by atoms with Gasteiger partial charge in [0.05, 0.1) is 37.5 Å². The van der Waals surface area contributed by atoms with Gasteiger partial charge in [-0.05, 0) is 79.0 Å². The molecule has 0 aromatic heterocycles. The number of anilines is 1. The van der Waals surface area contributed by atoms with Crippen LogP contribution in [0.5, 0.6) is 0 Å². The maximum atomic E-state index is 12.1. The molecule has 45 heavy (non-hydrogen) atoms. The van der Waals surface area contributed by atoms with E-state index in [1.54, 1.807) is 25.1 Å². The monoisotopic (exact) mass is 675 g/mol. The van der Waals surface area contributed by atoms with Crippen LogP contribution in [-0.4, -0.2) is 50.3 Å². The van der Waals surface area contributed by atoms with Crippen molar-refractivity contribution in [2.75, 3.05) is 5.43 Å². The first-order valence-corrected chi connectivity index (χ1v) is 17.6. The van der Waals surface area contributed by atoms with Crippen LogP contribution in [0.2, 0.25) is 0 Å². The number of nitrogens with two attached hydrogens (primary N) is 1. The van der Waals surface area contributed by atoms with Crippen LogP contribution in [0.15, 0.2) is 103 Å². The summed E-state index contributed by atoms with van der Waals surface area (Å²) in [5, 5.41) is 8.97. The predicted octanol–water partition coefficient (Wildman–Crippen LogP) is 3.26. The Morgan fingerprint density at radius 1 is 0.889 bits per heavy atom. The van der Waals surface area contributed by atoms with Gasteiger partial charge in [-0.25, -0.2) is 0 Å². The lowest BCUT2D eigenvalue weighted by Crippen LogP contribution is -2.38. The molecule has 238 valence electrons. The van der Waals surface area contributed by atoms with Gasteiger partial charge in [0, 0.05) is 17.0 Å². The molecule has 3 atom stereocenters. The highest BCUT2D eigenvalue weighted by Gasteiger charge is 2.41. The molecule has 7 N–H and O–H groups in total. The Morgan fingerprint density at radius 3 is 2.24 bits per heavy atom. The molecular weight excluding hydrogens is 647 g/mol. The Hall–Kier alpha value is -3.97. The van der Waals surface area contributed by atoms with E-state index in [-0.39, 0.29) is 32.7 Å². The normalized spacial score (nSPS) is 25.2. The van der Waals surface area contributed by atoms with E-state index in [4.69, 9.17) is 5.73 Å². The molecule has 0 heterocycles. The summed E-state index contributed by atoms with van der Waals surface area (Å²) in [7, 11) is -13.5. The Labute approximate surface area is 260 Å². The number of allylic oxidation sites excluding steroid dienone is 5. The molecule has 3 aliphatic rings. The van der Waals surface area contributed by atoms with Crippen molar-refractivity contribution in [3.8, 4) is 0 Å². The van der Waals surface area contributed by atoms with E-state index in [9.17, 15) is 38.9 Å². The number of fused-ring (bicyclic) bond motifs is 2. The molecule has 3 aliphatic carbocycles. The summed E-state index contributed by atoms with van der Waals surface area (Å²) in [6, 6.07) is 8.85. The molecule has 3 unspecified atom stereocenters. The van der Waals surface area contributed by atoms with Crippen molar-refractivity contribution >= 4 is 53.2 Å². The molecule has 5 rings (SSSR count). The van der Waals surface area contributed by atoms with Gasteiger partial charge in [-0.3, -0.25) is 24.5 Å². The van der Waals surface area contributed by atoms with Crippen LogP contribution >= 0.6 is 0 Å². The number of hydrogen-bond acceptors (Lipinski definition) is 11. The van der Waals surface area contributed by atoms with E-state index in [1.165, 1.54) is 48.6 Å². The van der Waals surface area contributed by atoms with Gasteiger partial charge in [-0.2, -0.15) is 35.5 Å². The summed E-state index contributed by atoms with van der Waals surface area (Å²) in [5.74, 6) is -0.254. The van der Waals surface area contributed by atoms with Crippen LogP contribution in [0.3, 0.4) is 0 Å². The Bertz CT molecular complexity index is 2120. The lowest BCUT2D eigenvalue weighted by Gasteiger charge is -2.37. The fraction of sp³-hybridized carbons (Fsp3) is 0.214. The lowest BCUT2D eigenvalue weighted by molar-refractivity contribution is 0.480. The second kappa shape index (κ2) is 11.4. The molecule has 0 aliphatic heterocycles. The zero-order valence-electron chi connectivity index (χ0n) is 23.8. The summed E-state index contributed by atoms with van der Waals surface area (Å²) >= 11 is 0. The Kier molecular flexibility index (Phi) is 8.24. The zero-order chi connectivity index (χ0) is 32.9. The molecule has 0 saturated carbocycles. The predicted molar refractivity (Wildman–Crippen MR) is 168 cm³/mol. The number of nitrogens with zero attached hydrogens (tertiary/aromatic N) is 2. The van der Waals surface area contributed by atoms with Gasteiger partial charge in [0.15, 0.2) is 0 Å². The Morgan fingerprint density at radius 2 is 1.58 bits per heavy atom. The minimum atomic E-state index is -4.57. The van der Waals surface area contributed by atoms with E-state index in [0.29, 0.717) is 33.8 Å². The molecule has 0 fully saturated rings. The van der Waals surface area contributed by atoms with Crippen LogP contribution in [-0.2, 0) is 30.4 Å². The van der Waals surface area contributed by atoms with Crippen molar-refractivity contribution < 1.29 is 38.9 Å². The molecule has 0 saturated heterocycles. The zero-order valence-corrected chi connectivity index (χ0v) is 26.2. The van der Waals surface area contributed by atoms with E-state index in [0.717, 1.165) is 0 Å². The van der Waals surface area contributed by atoms with Crippen molar-refractivity contribution in [1.82, 2.24) is 5.43 Å². The second-order valence-electron chi connectivity index (χ2n) is 10.9. The van der Waals surface area contributed by atoms with E-state index >= 15 is 0 Å². The number of hydrogen-bond donors (Lipinski definition) is 6. The smallest absolute Gasteiger partial charge is 0.294 e. The van der Waals surface area contributed by atoms with Gasteiger partial charge in [0.2, 0.25) is 0 Å². The first-order chi connectivity index (χ1) is 20.9. The number of rotatable bonds is 7. The quantitative estimate of drug-likeness (QED) is 0.183. The van der Waals surface area contributed by atoms with Crippen molar-refractivity contribution in [3.05, 3.63) is 94.4 Å². The van der Waals surface area contributed by atoms with Gasteiger partial charge in [0.1, 0.15) is 0 Å². The molecule has 0 radical (unpaired) electrons. The second-order valence-corrected chi connectivity index (χ2v) is 15.2. The average Bonchev–Trinajstić information content (AvgIpc) is 2.95. The number of nitrogens with one attached hydrogen (secondary N) is 2. The van der Waals surface area contributed by atoms with E-state index in [1.807, 2.05) is 13.0 Å². The fourth-order valence-electron chi connectivity index (χ4n) is 5.27. The highest BCUT2D eigenvalue weighted by Crippen LogP contribution is 2.43. The van der Waals surface area contributed by atoms with Crippen LogP contribution in [0, 0.1) is 11.3 Å². The average molecular weight is 676 g/mol. The van der Waals surface area contributed by atoms with Gasteiger partial charge in [-0.15, -0.1) is 0 Å². The highest BCUT2D eigenvalue weighted by atomic mass is 32.2. The van der Waals surface area contributed by atoms with E-state index in [2.05, 4.69) is 21.1 Å². The molecule has 17 heteroatoms. The summed E-state index contributed by atoms with van der Waals surface area (Å²) in [4.78, 5) is -0.962. The third-order valence-corrected chi connectivity index (χ3v) is 10.4. The molecule has 0 spiro atoms. The van der Waals surface area contributed by atoms with Gasteiger partial charge < -0.3 is 5.73 Å². The van der Waals surface area contributed by atoms with Crippen LogP contribution in [0.4, 0.5) is 5.69 Å². The standard InChI is InChI=1S/C28H29N5O9S3/c1-16-12-25(21-7-6-19(44(37,38)39)14-22(21)27(16)29)32-31-24-8-9-26(28(2)11-10-20(15-23(24)28)45(40,41)42)33-30-17-4-3-5-18(13-17)43(34,35)36/h3-10,12-16,27,30,32H,11,29H2,1-2H3,(H,34,35,36)(H,37,38,39)(H,40,41,42). The van der Waals surface area contributed by atoms with Crippen molar-refractivity contribution in [2.45, 2.75) is 36.1 Å². The SMILES string of the molecule is CC1C=C(NN=C2C=CC(=NNc3cccc(S(=O)(=O)O)c3)C3(C)CC=C(S(=O)(=O)O)C=C23)c2ccc(S(=O)(=O)O)cc2C1N. The lowest BCUT2D eigenvalue weighted by atomic mass is 9.68. The third kappa shape index (κ3) is 6.55. The minimum Gasteiger partial charge on any atom is -0.323 e. The minimum absolute atomic E-state index is 0.0959. The summed E-state index contributed by atoms with van der Waals surface area (Å²) in [5.41, 5.74) is 14.0. The van der Waals surface area contributed by atoms with E-state index < -0.39 is 41.8 Å². The maximum absolute atomic E-state index is 12.1. The van der Waals surface area contributed by atoms with Crippen molar-refractivity contribution in [2.24, 2.45) is 27.3 Å². The van der Waals surface area contributed by atoms with Crippen molar-refractivity contribution in [3.63, 3.8) is 0 Å². The van der Waals surface area contributed by atoms with Crippen LogP contribution in [0.25, 0.3) is 5.70 Å². The first kappa shape index (κ1) is 32.4. The summed E-state index contributed by atoms with van der Waals surface area (Å²) < 4.78 is 99.3. The molecule has 2 aromatic carbocycles. The summed E-state index contributed by atoms with van der Waals surface area (Å²) in [6.45, 7) is 3.62. The third-order valence-electron chi connectivity index (χ3n) is 7.83. The first-order valence-electron chi connectivity index (χ1n) is 13.3. The topological polar surface area (TPSA) is 238 Å². The molecule has 0 bridgehead atoms. The molecule has 2 aromatic rings. The maximum Gasteiger partial charge on any atom is 0.294 e. The van der Waals surface area contributed by atoms with Gasteiger partial charge in [-0.1, -0.05) is 31.2 Å². The van der Waals surface area contributed by atoms with Gasteiger partial charge >= 0.3 is 0 Å². The molecular formula is C28H29N5O9S3. The van der Waals surface area contributed by atoms with Crippen LogP contribution < -0.4 is 16.6 Å². The highest BCUT2D eigenvalue weighted by molar-refractivity contribution is 7.90.